The first-order valence-electron chi connectivity index (χ1n) is 12.1. The molecule has 0 radical (unpaired) electrons. The van der Waals surface area contributed by atoms with Crippen LogP contribution in [0.2, 0.25) is 0 Å². The lowest BCUT2D eigenvalue weighted by Crippen LogP contribution is -2.49. The molecule has 0 aliphatic heterocycles. The van der Waals surface area contributed by atoms with Crippen LogP contribution in [0.1, 0.15) is 96.3 Å². The minimum Gasteiger partial charge on any atom is -0.480 e. The van der Waals surface area contributed by atoms with E-state index < -0.39 is 35.5 Å². The van der Waals surface area contributed by atoms with Crippen molar-refractivity contribution < 1.29 is 29.7 Å². The summed E-state index contributed by atoms with van der Waals surface area (Å²) in [7, 11) is 0. The third-order valence-corrected chi connectivity index (χ3v) is 7.06. The Hall–Kier alpha value is -1.71. The van der Waals surface area contributed by atoms with Crippen LogP contribution in [0.15, 0.2) is 0 Å². The minimum atomic E-state index is -0.905. The Morgan fingerprint density at radius 3 is 1.19 bits per heavy atom. The van der Waals surface area contributed by atoms with Crippen molar-refractivity contribution in [1.29, 1.82) is 0 Å². The maximum atomic E-state index is 10.6. The van der Waals surface area contributed by atoms with Gasteiger partial charge in [0.15, 0.2) is 0 Å². The summed E-state index contributed by atoms with van der Waals surface area (Å²) < 4.78 is 0. The Labute approximate surface area is 191 Å². The van der Waals surface area contributed by atoms with E-state index in [0.29, 0.717) is 12.8 Å². The number of carboxylic acid groups (broad SMARTS) is 3. The van der Waals surface area contributed by atoms with E-state index >= 15 is 0 Å². The van der Waals surface area contributed by atoms with Crippen molar-refractivity contribution in [2.45, 2.75) is 114 Å². The Bertz CT molecular complexity index is 548. The molecular weight excluding hydrogens is 414 g/mol. The highest BCUT2D eigenvalue weighted by Crippen LogP contribution is 2.27. The molecule has 0 bridgehead atoms. The number of hydrogen-bond acceptors (Lipinski definition) is 6. The van der Waals surface area contributed by atoms with Crippen LogP contribution in [0, 0.1) is 11.8 Å². The maximum Gasteiger partial charge on any atom is 0.323 e. The molecule has 9 heteroatoms. The molecule has 0 spiro atoms. The van der Waals surface area contributed by atoms with Gasteiger partial charge in [0.2, 0.25) is 0 Å². The van der Waals surface area contributed by atoms with Gasteiger partial charge >= 0.3 is 17.9 Å². The second kappa shape index (κ2) is 14.4. The number of nitrogens with two attached hydrogens (primary N) is 3. The molecule has 2 atom stereocenters. The zero-order valence-corrected chi connectivity index (χ0v) is 19.2. The fraction of sp³-hybridized carbons (Fsp3) is 0.870. The zero-order chi connectivity index (χ0) is 24.1. The van der Waals surface area contributed by atoms with Gasteiger partial charge in [-0.1, -0.05) is 57.8 Å². The first-order chi connectivity index (χ1) is 15.1. The van der Waals surface area contributed by atoms with Gasteiger partial charge in [-0.2, -0.15) is 0 Å². The van der Waals surface area contributed by atoms with Crippen molar-refractivity contribution in [2.24, 2.45) is 29.0 Å². The van der Waals surface area contributed by atoms with Crippen LogP contribution in [0.25, 0.3) is 0 Å². The van der Waals surface area contributed by atoms with Crippen LogP contribution in [-0.4, -0.2) is 50.9 Å². The molecule has 3 fully saturated rings. The van der Waals surface area contributed by atoms with Crippen molar-refractivity contribution in [1.82, 2.24) is 0 Å². The summed E-state index contributed by atoms with van der Waals surface area (Å²) in [5.74, 6) is -2.09. The van der Waals surface area contributed by atoms with Crippen molar-refractivity contribution in [3.63, 3.8) is 0 Å². The molecule has 3 saturated carbocycles. The average molecular weight is 458 g/mol. The second-order valence-electron chi connectivity index (χ2n) is 9.55. The molecule has 0 aromatic carbocycles. The first-order valence-corrected chi connectivity index (χ1v) is 12.1. The fourth-order valence-corrected chi connectivity index (χ4v) is 4.79. The summed E-state index contributed by atoms with van der Waals surface area (Å²) in [6.45, 7) is 0. The molecule has 0 aromatic heterocycles. The summed E-state index contributed by atoms with van der Waals surface area (Å²) >= 11 is 0. The van der Waals surface area contributed by atoms with Gasteiger partial charge in [-0.3, -0.25) is 14.4 Å². The van der Waals surface area contributed by atoms with Crippen LogP contribution in [0.5, 0.6) is 0 Å². The Morgan fingerprint density at radius 2 is 0.938 bits per heavy atom. The van der Waals surface area contributed by atoms with Crippen molar-refractivity contribution in [3.8, 4) is 0 Å². The fourth-order valence-electron chi connectivity index (χ4n) is 4.79. The van der Waals surface area contributed by atoms with E-state index in [0.717, 1.165) is 70.6 Å². The third-order valence-electron chi connectivity index (χ3n) is 7.06. The standard InChI is InChI=1S/2C8H15NO2.C7H13NO2/c2*9-7(8(10)11)6-4-2-1-3-5-6;8-7(6(9)10)4-2-1-3-5-7/h2*6-7H,1-5,9H2,(H,10,11);1-5,8H2,(H,9,10). The molecule has 0 amide bonds. The predicted octanol–water partition coefficient (Wildman–Crippen LogP) is 2.69. The van der Waals surface area contributed by atoms with E-state index in [9.17, 15) is 14.4 Å². The number of carbonyl (C=O) groups is 3. The number of hydrogen-bond donors (Lipinski definition) is 6. The molecule has 9 nitrogen and oxygen atoms in total. The highest BCUT2D eigenvalue weighted by atomic mass is 16.4. The first kappa shape index (κ1) is 28.3. The minimum absolute atomic E-state index is 0.223. The van der Waals surface area contributed by atoms with Gasteiger partial charge < -0.3 is 32.5 Å². The van der Waals surface area contributed by atoms with Crippen molar-refractivity contribution >= 4 is 17.9 Å². The van der Waals surface area contributed by atoms with Crippen LogP contribution in [0.3, 0.4) is 0 Å². The Kier molecular flexibility index (Phi) is 12.8. The van der Waals surface area contributed by atoms with Crippen LogP contribution in [0.4, 0.5) is 0 Å². The second-order valence-corrected chi connectivity index (χ2v) is 9.55. The molecule has 9 N–H and O–H groups in total. The van der Waals surface area contributed by atoms with Crippen molar-refractivity contribution in [3.05, 3.63) is 0 Å². The lowest BCUT2D eigenvalue weighted by molar-refractivity contribution is -0.144. The summed E-state index contributed by atoms with van der Waals surface area (Å²) in [5, 5.41) is 25.9. The predicted molar refractivity (Wildman–Crippen MR) is 122 cm³/mol. The Balaban J connectivity index is 0.000000240. The van der Waals surface area contributed by atoms with Crippen LogP contribution in [-0.2, 0) is 14.4 Å². The van der Waals surface area contributed by atoms with Gasteiger partial charge in [0.1, 0.15) is 17.6 Å². The van der Waals surface area contributed by atoms with Gasteiger partial charge in [0.05, 0.1) is 0 Å². The molecule has 3 aliphatic carbocycles. The van der Waals surface area contributed by atoms with Gasteiger partial charge in [-0.05, 0) is 50.4 Å². The lowest BCUT2D eigenvalue weighted by Gasteiger charge is -2.28. The quantitative estimate of drug-likeness (QED) is 0.360. The van der Waals surface area contributed by atoms with Gasteiger partial charge in [0, 0.05) is 0 Å². The van der Waals surface area contributed by atoms with Gasteiger partial charge in [0.25, 0.3) is 0 Å². The van der Waals surface area contributed by atoms with Crippen molar-refractivity contribution in [2.75, 3.05) is 0 Å². The summed E-state index contributed by atoms with van der Waals surface area (Å²) in [5.41, 5.74) is 15.7. The molecule has 0 aromatic rings. The van der Waals surface area contributed by atoms with E-state index in [2.05, 4.69) is 0 Å². The normalized spacial score (nSPS) is 23.3. The molecule has 2 unspecified atom stereocenters. The van der Waals surface area contributed by atoms with E-state index in [4.69, 9.17) is 32.5 Å². The van der Waals surface area contributed by atoms with Gasteiger partial charge in [-0.15, -0.1) is 0 Å². The summed E-state index contributed by atoms with van der Waals surface area (Å²) in [6.07, 6.45) is 15.4. The number of aliphatic carboxylic acids is 3. The molecule has 186 valence electrons. The molecule has 3 rings (SSSR count). The van der Waals surface area contributed by atoms with Gasteiger partial charge in [-0.25, -0.2) is 0 Å². The largest absolute Gasteiger partial charge is 0.480 e. The lowest BCUT2D eigenvalue weighted by atomic mass is 9.83. The van der Waals surface area contributed by atoms with E-state index in [1.165, 1.54) is 12.8 Å². The Morgan fingerprint density at radius 1 is 0.625 bits per heavy atom. The van der Waals surface area contributed by atoms with Crippen LogP contribution < -0.4 is 17.2 Å². The molecule has 0 saturated heterocycles. The monoisotopic (exact) mass is 457 g/mol. The number of carboxylic acids is 3. The maximum absolute atomic E-state index is 10.6. The smallest absolute Gasteiger partial charge is 0.323 e. The van der Waals surface area contributed by atoms with E-state index in [1.807, 2.05) is 0 Å². The topological polar surface area (TPSA) is 190 Å². The number of rotatable bonds is 5. The molecular formula is C23H43N3O6. The highest BCUT2D eigenvalue weighted by Gasteiger charge is 2.34. The summed E-state index contributed by atoms with van der Waals surface area (Å²) in [6, 6.07) is -1.26. The zero-order valence-electron chi connectivity index (χ0n) is 19.2. The summed E-state index contributed by atoms with van der Waals surface area (Å²) in [4.78, 5) is 31.5. The SMILES string of the molecule is NC(C(=O)O)C1CCCCC1.NC(C(=O)O)C1CCCCC1.NC1(C(=O)O)CCCCC1. The van der Waals surface area contributed by atoms with E-state index in [1.54, 1.807) is 0 Å². The molecule has 3 aliphatic rings. The highest BCUT2D eigenvalue weighted by molar-refractivity contribution is 5.78. The molecule has 0 heterocycles. The van der Waals surface area contributed by atoms with Crippen LogP contribution >= 0.6 is 0 Å². The van der Waals surface area contributed by atoms with E-state index in [-0.39, 0.29) is 11.8 Å². The molecule has 32 heavy (non-hydrogen) atoms. The third kappa shape index (κ3) is 9.83. The average Bonchev–Trinajstić information content (AvgIpc) is 2.80.